The van der Waals surface area contributed by atoms with Gasteiger partial charge in [0.15, 0.2) is 12.4 Å². The third kappa shape index (κ3) is 3.05. The number of hydrogen-bond donors (Lipinski definition) is 0. The first kappa shape index (κ1) is 12.2. The molecule has 1 rings (SSSR count). The molecule has 0 amide bonds. The average molecular weight is 235 g/mol. The van der Waals surface area contributed by atoms with Crippen molar-refractivity contribution in [3.63, 3.8) is 0 Å². The fraction of sp³-hybridized carbons (Fsp3) is 0.375. The van der Waals surface area contributed by atoms with Gasteiger partial charge in [-0.3, -0.25) is 0 Å². The van der Waals surface area contributed by atoms with Crippen LogP contribution in [0.4, 0.5) is 17.6 Å². The molecule has 0 radical (unpaired) electrons. The van der Waals surface area contributed by atoms with Gasteiger partial charge in [-0.1, -0.05) is 0 Å². The van der Waals surface area contributed by atoms with Crippen LogP contribution in [0.15, 0.2) is 12.4 Å². The van der Waals surface area contributed by atoms with E-state index in [9.17, 15) is 17.6 Å². The van der Waals surface area contributed by atoms with Gasteiger partial charge in [0.2, 0.25) is 5.82 Å². The molecule has 0 aliphatic rings. The molecule has 86 valence electrons. The van der Waals surface area contributed by atoms with Crippen LogP contribution in [0.3, 0.4) is 0 Å². The lowest BCUT2D eigenvalue weighted by Crippen LogP contribution is -2.33. The molecule has 0 aromatic carbocycles. The molecule has 0 aliphatic carbocycles. The predicted octanol–water partition coefficient (Wildman–Crippen LogP) is 1.63. The number of nitriles is 1. The highest BCUT2D eigenvalue weighted by Gasteiger charge is 2.41. The van der Waals surface area contributed by atoms with Crippen molar-refractivity contribution in [3.05, 3.63) is 18.2 Å². The lowest BCUT2D eigenvalue weighted by molar-refractivity contribution is -0.148. The third-order valence-electron chi connectivity index (χ3n) is 1.48. The molecular formula is C8H5F4N3O. The molecule has 1 aromatic rings. The van der Waals surface area contributed by atoms with Crippen LogP contribution in [-0.4, -0.2) is 28.9 Å². The fourth-order valence-corrected chi connectivity index (χ4v) is 0.691. The van der Waals surface area contributed by atoms with E-state index in [1.54, 1.807) is 6.07 Å². The number of ether oxygens (including phenoxy) is 1. The van der Waals surface area contributed by atoms with E-state index in [4.69, 9.17) is 5.26 Å². The van der Waals surface area contributed by atoms with E-state index in [-0.39, 0.29) is 11.6 Å². The van der Waals surface area contributed by atoms with Crippen LogP contribution in [-0.2, 0) is 0 Å². The summed E-state index contributed by atoms with van der Waals surface area (Å²) in [6, 6.07) is 1.60. The van der Waals surface area contributed by atoms with Crippen molar-refractivity contribution in [1.29, 1.82) is 5.26 Å². The maximum atomic E-state index is 12.4. The van der Waals surface area contributed by atoms with E-state index in [2.05, 4.69) is 14.7 Å². The van der Waals surface area contributed by atoms with Gasteiger partial charge >= 0.3 is 12.3 Å². The molecule has 16 heavy (non-hydrogen) atoms. The van der Waals surface area contributed by atoms with Gasteiger partial charge in [0.25, 0.3) is 0 Å². The van der Waals surface area contributed by atoms with Gasteiger partial charge in [0, 0.05) is 0 Å². The van der Waals surface area contributed by atoms with Crippen molar-refractivity contribution in [3.8, 4) is 11.8 Å². The molecule has 0 fully saturated rings. The van der Waals surface area contributed by atoms with E-state index >= 15 is 0 Å². The van der Waals surface area contributed by atoms with Gasteiger partial charge in [-0.05, 0) is 0 Å². The smallest absolute Gasteiger partial charge is 0.340 e. The summed E-state index contributed by atoms with van der Waals surface area (Å²) in [5.74, 6) is -4.61. The van der Waals surface area contributed by atoms with Gasteiger partial charge in [-0.25, -0.2) is 18.7 Å². The summed E-state index contributed by atoms with van der Waals surface area (Å²) in [4.78, 5) is 6.83. The summed E-state index contributed by atoms with van der Waals surface area (Å²) in [5, 5.41) is 8.33. The predicted molar refractivity (Wildman–Crippen MR) is 43.2 cm³/mol. The first-order chi connectivity index (χ1) is 7.45. The highest BCUT2D eigenvalue weighted by molar-refractivity contribution is 5.17. The molecule has 0 unspecified atom stereocenters. The zero-order chi connectivity index (χ0) is 12.2. The molecule has 0 N–H and O–H groups in total. The summed E-state index contributed by atoms with van der Waals surface area (Å²) in [6.07, 6.45) is -1.90. The van der Waals surface area contributed by atoms with E-state index in [0.29, 0.717) is 0 Å². The second-order valence-electron chi connectivity index (χ2n) is 2.70. The standard InChI is InChI=1S/C8H5F4N3O/c9-7(10)8(11,12)4-16-5-2-14-6(1-13)15-3-5/h2-3,7H,4H2. The van der Waals surface area contributed by atoms with Crippen LogP contribution >= 0.6 is 0 Å². The highest BCUT2D eigenvalue weighted by atomic mass is 19.3. The zero-order valence-corrected chi connectivity index (χ0v) is 7.70. The van der Waals surface area contributed by atoms with E-state index in [1.165, 1.54) is 0 Å². The molecule has 0 atom stereocenters. The number of aromatic nitrogens is 2. The second kappa shape index (κ2) is 4.74. The molecule has 0 aliphatic heterocycles. The van der Waals surface area contributed by atoms with Crippen molar-refractivity contribution >= 4 is 0 Å². The number of nitrogens with zero attached hydrogens (tertiary/aromatic N) is 3. The Morgan fingerprint density at radius 1 is 1.38 bits per heavy atom. The van der Waals surface area contributed by atoms with Crippen molar-refractivity contribution in [2.75, 3.05) is 6.61 Å². The lowest BCUT2D eigenvalue weighted by Gasteiger charge is -2.15. The normalized spacial score (nSPS) is 11.2. The molecule has 8 heteroatoms. The number of hydrogen-bond acceptors (Lipinski definition) is 4. The Labute approximate surface area is 87.5 Å². The molecule has 1 heterocycles. The van der Waals surface area contributed by atoms with Gasteiger partial charge in [0.05, 0.1) is 12.4 Å². The Morgan fingerprint density at radius 2 is 1.94 bits per heavy atom. The Bertz CT molecular complexity index is 387. The zero-order valence-electron chi connectivity index (χ0n) is 7.70. The molecule has 0 bridgehead atoms. The Balaban J connectivity index is 2.59. The minimum absolute atomic E-state index is 0.173. The number of halogens is 4. The summed E-state index contributed by atoms with van der Waals surface area (Å²) in [7, 11) is 0. The van der Waals surface area contributed by atoms with Gasteiger partial charge in [-0.15, -0.1) is 0 Å². The minimum Gasteiger partial charge on any atom is -0.484 e. The van der Waals surface area contributed by atoms with Crippen LogP contribution in [0.5, 0.6) is 5.75 Å². The minimum atomic E-state index is -4.23. The first-order valence-electron chi connectivity index (χ1n) is 3.96. The Kier molecular flexibility index (Phi) is 3.60. The summed E-state index contributed by atoms with van der Waals surface area (Å²) < 4.78 is 52.6. The topological polar surface area (TPSA) is 58.8 Å². The van der Waals surface area contributed by atoms with Crippen LogP contribution in [0.1, 0.15) is 5.82 Å². The molecule has 0 saturated heterocycles. The monoisotopic (exact) mass is 235 g/mol. The van der Waals surface area contributed by atoms with Gasteiger partial charge in [0.1, 0.15) is 6.07 Å². The molecular weight excluding hydrogens is 230 g/mol. The molecule has 0 saturated carbocycles. The molecule has 4 nitrogen and oxygen atoms in total. The van der Waals surface area contributed by atoms with E-state index in [0.717, 1.165) is 12.4 Å². The van der Waals surface area contributed by atoms with Crippen molar-refractivity contribution in [2.24, 2.45) is 0 Å². The van der Waals surface area contributed by atoms with Crippen LogP contribution < -0.4 is 4.74 Å². The average Bonchev–Trinajstić information content (AvgIpc) is 2.27. The van der Waals surface area contributed by atoms with E-state index < -0.39 is 19.0 Å². The van der Waals surface area contributed by atoms with Crippen LogP contribution in [0.25, 0.3) is 0 Å². The largest absolute Gasteiger partial charge is 0.484 e. The van der Waals surface area contributed by atoms with Crippen molar-refractivity contribution < 1.29 is 22.3 Å². The highest BCUT2D eigenvalue weighted by Crippen LogP contribution is 2.23. The second-order valence-corrected chi connectivity index (χ2v) is 2.70. The van der Waals surface area contributed by atoms with E-state index in [1.807, 2.05) is 0 Å². The van der Waals surface area contributed by atoms with Crippen molar-refractivity contribution in [1.82, 2.24) is 9.97 Å². The van der Waals surface area contributed by atoms with Crippen LogP contribution in [0.2, 0.25) is 0 Å². The third-order valence-corrected chi connectivity index (χ3v) is 1.48. The summed E-state index contributed by atoms with van der Waals surface area (Å²) >= 11 is 0. The molecule has 0 spiro atoms. The maximum Gasteiger partial charge on any atom is 0.340 e. The van der Waals surface area contributed by atoms with Crippen molar-refractivity contribution in [2.45, 2.75) is 12.3 Å². The number of alkyl halides is 4. The summed E-state index contributed by atoms with van der Waals surface area (Å²) in [5.41, 5.74) is 0. The number of rotatable bonds is 4. The Hall–Kier alpha value is -1.91. The van der Waals surface area contributed by atoms with Gasteiger partial charge < -0.3 is 4.74 Å². The summed E-state index contributed by atoms with van der Waals surface area (Å²) in [6.45, 7) is -1.47. The fourth-order valence-electron chi connectivity index (χ4n) is 0.691. The maximum absolute atomic E-state index is 12.4. The van der Waals surface area contributed by atoms with Gasteiger partial charge in [-0.2, -0.15) is 14.0 Å². The van der Waals surface area contributed by atoms with Crippen LogP contribution in [0, 0.1) is 11.3 Å². The quantitative estimate of drug-likeness (QED) is 0.744. The Morgan fingerprint density at radius 3 is 2.38 bits per heavy atom. The first-order valence-corrected chi connectivity index (χ1v) is 3.96. The molecule has 1 aromatic heterocycles. The lowest BCUT2D eigenvalue weighted by atomic mass is 10.4. The SMILES string of the molecule is N#Cc1ncc(OCC(F)(F)C(F)F)cn1.